The Balaban J connectivity index is 1.30. The lowest BCUT2D eigenvalue weighted by Gasteiger charge is -2.32. The summed E-state index contributed by atoms with van der Waals surface area (Å²) >= 11 is 0. The fourth-order valence-corrected chi connectivity index (χ4v) is 3.98. The predicted octanol–water partition coefficient (Wildman–Crippen LogP) is 3.73. The minimum Gasteiger partial charge on any atom is -0.399 e. The number of benzene rings is 1. The zero-order valence-corrected chi connectivity index (χ0v) is 19.5. The van der Waals surface area contributed by atoms with Gasteiger partial charge in [-0.1, -0.05) is 26.0 Å². The largest absolute Gasteiger partial charge is 0.399 e. The van der Waals surface area contributed by atoms with Crippen LogP contribution in [-0.4, -0.2) is 51.5 Å². The third kappa shape index (κ3) is 5.72. The third-order valence-corrected chi connectivity index (χ3v) is 5.96. The molecule has 1 saturated heterocycles. The summed E-state index contributed by atoms with van der Waals surface area (Å²) in [7, 11) is 0. The highest BCUT2D eigenvalue weighted by Crippen LogP contribution is 2.29. The van der Waals surface area contributed by atoms with E-state index in [4.69, 9.17) is 5.73 Å². The van der Waals surface area contributed by atoms with Gasteiger partial charge in [0.1, 0.15) is 11.5 Å². The summed E-state index contributed by atoms with van der Waals surface area (Å²) in [5, 5.41) is 12.8. The second-order valence-electron chi connectivity index (χ2n) is 9.06. The first-order chi connectivity index (χ1) is 16.4. The van der Waals surface area contributed by atoms with Gasteiger partial charge in [0.2, 0.25) is 0 Å². The van der Waals surface area contributed by atoms with Crippen LogP contribution in [0.4, 0.5) is 17.3 Å². The fourth-order valence-electron chi connectivity index (χ4n) is 3.98. The van der Waals surface area contributed by atoms with E-state index >= 15 is 0 Å². The van der Waals surface area contributed by atoms with Crippen molar-refractivity contribution in [1.29, 1.82) is 0 Å². The van der Waals surface area contributed by atoms with Crippen molar-refractivity contribution in [3.63, 3.8) is 0 Å². The summed E-state index contributed by atoms with van der Waals surface area (Å²) in [4.78, 5) is 31.5. The number of likely N-dealkylation sites (tertiary alicyclic amines) is 1. The molecule has 34 heavy (non-hydrogen) atoms. The van der Waals surface area contributed by atoms with Crippen LogP contribution in [0.5, 0.6) is 0 Å². The molecule has 2 amide bonds. The number of nitrogen functional groups attached to an aromatic ring is 1. The highest BCUT2D eigenvalue weighted by atomic mass is 16.2. The number of pyridine rings is 1. The van der Waals surface area contributed by atoms with Crippen molar-refractivity contribution in [2.75, 3.05) is 36.0 Å². The molecule has 0 spiro atoms. The first-order valence-electron chi connectivity index (χ1n) is 11.6. The normalized spacial score (nSPS) is 14.3. The number of rotatable bonds is 7. The Hall–Kier alpha value is -3.88. The molecule has 1 aliphatic heterocycles. The number of nitrogens with one attached hydrogen (secondary N) is 3. The molecule has 1 aromatic carbocycles. The van der Waals surface area contributed by atoms with E-state index in [1.807, 2.05) is 17.0 Å². The predicted molar refractivity (Wildman–Crippen MR) is 133 cm³/mol. The van der Waals surface area contributed by atoms with Crippen molar-refractivity contribution in [3.05, 3.63) is 65.5 Å². The molecule has 0 aliphatic carbocycles. The topological polar surface area (TPSA) is 129 Å². The summed E-state index contributed by atoms with van der Waals surface area (Å²) in [6, 6.07) is 13.0. The number of aromatic nitrogens is 3. The summed E-state index contributed by atoms with van der Waals surface area (Å²) in [6.45, 7) is 6.36. The molecule has 4 rings (SSSR count). The highest BCUT2D eigenvalue weighted by Gasteiger charge is 2.26. The first-order valence-corrected chi connectivity index (χ1v) is 11.6. The van der Waals surface area contributed by atoms with Crippen LogP contribution in [-0.2, 0) is 0 Å². The van der Waals surface area contributed by atoms with Crippen LogP contribution in [0.2, 0.25) is 0 Å². The molecule has 0 atom stereocenters. The molecule has 1 aliphatic rings. The molecule has 0 bridgehead atoms. The number of hydrogen-bond donors (Lipinski definition) is 4. The van der Waals surface area contributed by atoms with Crippen molar-refractivity contribution in [3.8, 4) is 0 Å². The van der Waals surface area contributed by atoms with Gasteiger partial charge in [-0.3, -0.25) is 14.7 Å². The Bertz CT molecular complexity index is 1110. The summed E-state index contributed by atoms with van der Waals surface area (Å²) in [5.74, 6) is 1.48. The average molecular weight is 462 g/mol. The van der Waals surface area contributed by atoms with Gasteiger partial charge in [0.15, 0.2) is 5.82 Å². The van der Waals surface area contributed by atoms with Gasteiger partial charge in [-0.2, -0.15) is 5.10 Å². The molecule has 5 N–H and O–H groups in total. The fraction of sp³-hybridized carbons (Fsp3) is 0.360. The van der Waals surface area contributed by atoms with Crippen LogP contribution >= 0.6 is 0 Å². The van der Waals surface area contributed by atoms with E-state index < -0.39 is 0 Å². The van der Waals surface area contributed by atoms with Crippen LogP contribution < -0.4 is 16.4 Å². The molecule has 1 fully saturated rings. The lowest BCUT2D eigenvalue weighted by Crippen LogP contribution is -2.38. The molecule has 0 radical (unpaired) electrons. The minimum atomic E-state index is -0.335. The standard InChI is InChI=1S/C25H31N7O2/c1-16(2)14-27-22-8-5-19(15-28-22)24(33)29-23-13-21(30-31-23)25(34)32-11-9-18(10-12-32)17-3-6-20(26)7-4-17/h3-8,13,15-16,18H,9-12,14,26H2,1-2H3,(H,27,28)(H2,29,30,31,33). The Morgan fingerprint density at radius 2 is 1.85 bits per heavy atom. The van der Waals surface area contributed by atoms with Gasteiger partial charge in [0.05, 0.1) is 5.56 Å². The number of anilines is 3. The van der Waals surface area contributed by atoms with Crippen LogP contribution in [0.3, 0.4) is 0 Å². The van der Waals surface area contributed by atoms with E-state index in [0.29, 0.717) is 42.0 Å². The Morgan fingerprint density at radius 1 is 1.12 bits per heavy atom. The van der Waals surface area contributed by atoms with Gasteiger partial charge in [-0.15, -0.1) is 0 Å². The van der Waals surface area contributed by atoms with Crippen molar-refractivity contribution in [2.24, 2.45) is 5.92 Å². The second-order valence-corrected chi connectivity index (χ2v) is 9.06. The van der Waals surface area contributed by atoms with E-state index in [-0.39, 0.29) is 11.8 Å². The van der Waals surface area contributed by atoms with E-state index in [2.05, 4.69) is 51.8 Å². The van der Waals surface area contributed by atoms with Gasteiger partial charge in [-0.05, 0) is 54.5 Å². The van der Waals surface area contributed by atoms with E-state index in [9.17, 15) is 9.59 Å². The summed E-state index contributed by atoms with van der Waals surface area (Å²) < 4.78 is 0. The lowest BCUT2D eigenvalue weighted by molar-refractivity contribution is 0.0707. The number of aromatic amines is 1. The number of nitrogens with two attached hydrogens (primary N) is 1. The number of carbonyl (C=O) groups is 2. The number of amides is 2. The maximum absolute atomic E-state index is 12.9. The van der Waals surface area contributed by atoms with Crippen LogP contribution in [0.15, 0.2) is 48.7 Å². The van der Waals surface area contributed by atoms with Gasteiger partial charge in [-0.25, -0.2) is 4.98 Å². The molecular weight excluding hydrogens is 430 g/mol. The SMILES string of the molecule is CC(C)CNc1ccc(C(=O)Nc2cc(C(=O)N3CCC(c4ccc(N)cc4)CC3)[nH]n2)cn1. The zero-order chi connectivity index (χ0) is 24.1. The molecule has 2 aromatic heterocycles. The number of H-pyrrole nitrogens is 1. The van der Waals surface area contributed by atoms with Crippen LogP contribution in [0, 0.1) is 5.92 Å². The number of hydrogen-bond acceptors (Lipinski definition) is 6. The van der Waals surface area contributed by atoms with Crippen molar-refractivity contribution in [2.45, 2.75) is 32.6 Å². The lowest BCUT2D eigenvalue weighted by atomic mass is 9.89. The molecule has 9 nitrogen and oxygen atoms in total. The van der Waals surface area contributed by atoms with E-state index in [1.165, 1.54) is 11.8 Å². The van der Waals surface area contributed by atoms with Gasteiger partial charge < -0.3 is 21.3 Å². The Labute approximate surface area is 199 Å². The summed E-state index contributed by atoms with van der Waals surface area (Å²) in [6.07, 6.45) is 3.30. The molecular formula is C25H31N7O2. The van der Waals surface area contributed by atoms with Crippen LogP contribution in [0.25, 0.3) is 0 Å². The minimum absolute atomic E-state index is 0.119. The quantitative estimate of drug-likeness (QED) is 0.397. The molecule has 178 valence electrons. The maximum Gasteiger partial charge on any atom is 0.271 e. The highest BCUT2D eigenvalue weighted by molar-refractivity contribution is 6.04. The molecule has 0 saturated carbocycles. The Kier molecular flexibility index (Phi) is 7.10. The Morgan fingerprint density at radius 3 is 2.50 bits per heavy atom. The van der Waals surface area contributed by atoms with Gasteiger partial charge in [0.25, 0.3) is 11.8 Å². The summed E-state index contributed by atoms with van der Waals surface area (Å²) in [5.41, 5.74) is 8.56. The van der Waals surface area contributed by atoms with Gasteiger partial charge >= 0.3 is 0 Å². The molecule has 3 aromatic rings. The maximum atomic E-state index is 12.9. The van der Waals surface area contributed by atoms with Gasteiger partial charge in [0, 0.05) is 37.6 Å². The van der Waals surface area contributed by atoms with Crippen molar-refractivity contribution < 1.29 is 9.59 Å². The monoisotopic (exact) mass is 461 g/mol. The number of carbonyl (C=O) groups excluding carboxylic acids is 2. The second kappa shape index (κ2) is 10.4. The first kappa shape index (κ1) is 23.3. The molecule has 0 unspecified atom stereocenters. The molecule has 9 heteroatoms. The zero-order valence-electron chi connectivity index (χ0n) is 19.5. The molecule has 3 heterocycles. The van der Waals surface area contributed by atoms with Crippen molar-refractivity contribution in [1.82, 2.24) is 20.1 Å². The average Bonchev–Trinajstić information content (AvgIpc) is 3.31. The smallest absolute Gasteiger partial charge is 0.271 e. The van der Waals surface area contributed by atoms with Crippen LogP contribution in [0.1, 0.15) is 59.0 Å². The van der Waals surface area contributed by atoms with E-state index in [0.717, 1.165) is 30.9 Å². The van der Waals surface area contributed by atoms with Crippen molar-refractivity contribution >= 4 is 29.1 Å². The van der Waals surface area contributed by atoms with E-state index in [1.54, 1.807) is 18.2 Å². The number of nitrogens with zero attached hydrogens (tertiary/aromatic N) is 3. The third-order valence-electron chi connectivity index (χ3n) is 5.96. The number of piperidine rings is 1.